The van der Waals surface area contributed by atoms with E-state index in [0.717, 1.165) is 189 Å². The molecular weight excluding hydrogens is 765 g/mol. The minimum atomic E-state index is -0.329. The van der Waals surface area contributed by atoms with Crippen molar-refractivity contribution in [3.05, 3.63) is 48.6 Å². The van der Waals surface area contributed by atoms with Gasteiger partial charge in [-0.1, -0.05) is 105 Å². The molecule has 4 rings (SSSR count). The third-order valence-corrected chi connectivity index (χ3v) is 11.0. The first kappa shape index (κ1) is 49.3. The summed E-state index contributed by atoms with van der Waals surface area (Å²) in [6.07, 6.45) is 19.7. The van der Waals surface area contributed by atoms with Crippen LogP contribution in [0.25, 0.3) is 32.3 Å². The van der Waals surface area contributed by atoms with E-state index in [2.05, 4.69) is 77.6 Å². The zero-order valence-electron chi connectivity index (χ0n) is 38.8. The van der Waals surface area contributed by atoms with Gasteiger partial charge in [-0.05, 0) is 133 Å². The van der Waals surface area contributed by atoms with Gasteiger partial charge in [-0.2, -0.15) is 0 Å². The van der Waals surface area contributed by atoms with E-state index in [4.69, 9.17) is 33.2 Å². The minimum absolute atomic E-state index is 0.329. The van der Waals surface area contributed by atoms with Gasteiger partial charge in [0, 0.05) is 5.57 Å². The Hall–Kier alpha value is -4.33. The van der Waals surface area contributed by atoms with Crippen LogP contribution in [0.1, 0.15) is 164 Å². The number of rotatable bonds is 34. The highest BCUT2D eigenvalue weighted by Gasteiger charge is 2.21. The molecule has 0 radical (unpaired) electrons. The molecule has 0 amide bonds. The van der Waals surface area contributed by atoms with Crippen molar-refractivity contribution in [3.8, 4) is 34.5 Å². The summed E-state index contributed by atoms with van der Waals surface area (Å²) in [5.41, 5.74) is 0.428. The van der Waals surface area contributed by atoms with Gasteiger partial charge in [-0.3, -0.25) is 0 Å². The Morgan fingerprint density at radius 1 is 0.361 bits per heavy atom. The van der Waals surface area contributed by atoms with Crippen molar-refractivity contribution in [1.82, 2.24) is 0 Å². The fraction of sp³-hybridized carbons (Fsp3) is 0.604. The Bertz CT molecular complexity index is 1870. The molecule has 338 valence electrons. The molecule has 0 fully saturated rings. The standard InChI is InChI=1S/C53H78O8/c1-8-13-20-27-55-47-34-41-42-35-48(56-28-21-14-9-2)50(58-30-23-16-11-4)37-44(42)46-39-52(60-32-25-18-19-26-33-61-53(54)40(6)7)51(59-31-24-17-12-5)38-45(46)43(41)36-49(47)57-29-22-15-10-3/h34-39H,6,8-33H2,1-5,7H3. The van der Waals surface area contributed by atoms with Crippen LogP contribution in [-0.2, 0) is 9.53 Å². The number of carbonyl (C=O) groups excluding carboxylic acids is 1. The van der Waals surface area contributed by atoms with Crippen molar-refractivity contribution in [3.63, 3.8) is 0 Å². The van der Waals surface area contributed by atoms with Crippen molar-refractivity contribution in [2.24, 2.45) is 0 Å². The highest BCUT2D eigenvalue weighted by Crippen LogP contribution is 2.47. The molecule has 0 aliphatic heterocycles. The van der Waals surface area contributed by atoms with Crippen LogP contribution >= 0.6 is 0 Å². The molecule has 4 aromatic carbocycles. The summed E-state index contributed by atoms with van der Waals surface area (Å²) in [6, 6.07) is 13.1. The second-order valence-corrected chi connectivity index (χ2v) is 16.5. The van der Waals surface area contributed by atoms with Crippen LogP contribution in [-0.4, -0.2) is 52.2 Å². The van der Waals surface area contributed by atoms with Gasteiger partial charge in [-0.25, -0.2) is 4.79 Å². The Labute approximate surface area is 368 Å². The molecule has 0 saturated heterocycles. The monoisotopic (exact) mass is 843 g/mol. The lowest BCUT2D eigenvalue weighted by molar-refractivity contribution is -0.139. The molecule has 0 spiro atoms. The molecule has 0 heterocycles. The van der Waals surface area contributed by atoms with Gasteiger partial charge in [-0.15, -0.1) is 0 Å². The summed E-state index contributed by atoms with van der Waals surface area (Å²) in [5.74, 6) is 4.23. The van der Waals surface area contributed by atoms with E-state index in [1.807, 2.05) is 0 Å². The van der Waals surface area contributed by atoms with Crippen LogP contribution in [0.5, 0.6) is 34.5 Å². The van der Waals surface area contributed by atoms with Gasteiger partial charge in [0.25, 0.3) is 0 Å². The van der Waals surface area contributed by atoms with E-state index in [9.17, 15) is 4.79 Å². The topological polar surface area (TPSA) is 81.7 Å². The fourth-order valence-electron chi connectivity index (χ4n) is 7.39. The van der Waals surface area contributed by atoms with E-state index in [1.54, 1.807) is 6.92 Å². The molecular formula is C53H78O8. The summed E-state index contributed by atoms with van der Waals surface area (Å²) in [6.45, 7) is 20.5. The van der Waals surface area contributed by atoms with Crippen LogP contribution in [0.2, 0.25) is 0 Å². The number of unbranched alkanes of at least 4 members (excludes halogenated alkanes) is 13. The average Bonchev–Trinajstić information content (AvgIpc) is 3.26. The van der Waals surface area contributed by atoms with Crippen molar-refractivity contribution in [1.29, 1.82) is 0 Å². The second-order valence-electron chi connectivity index (χ2n) is 16.5. The Morgan fingerprint density at radius 2 is 0.574 bits per heavy atom. The van der Waals surface area contributed by atoms with Crippen molar-refractivity contribution in [2.75, 3.05) is 46.2 Å². The van der Waals surface area contributed by atoms with E-state index < -0.39 is 0 Å². The summed E-state index contributed by atoms with van der Waals surface area (Å²) in [7, 11) is 0. The first-order valence-electron chi connectivity index (χ1n) is 24.0. The molecule has 0 saturated carbocycles. The molecule has 4 aromatic rings. The largest absolute Gasteiger partial charge is 0.490 e. The first-order chi connectivity index (χ1) is 29.9. The number of fused-ring (bicyclic) bond motifs is 6. The van der Waals surface area contributed by atoms with Gasteiger partial charge >= 0.3 is 5.97 Å². The zero-order valence-corrected chi connectivity index (χ0v) is 38.8. The molecule has 8 nitrogen and oxygen atoms in total. The molecule has 0 aromatic heterocycles. The number of ether oxygens (including phenoxy) is 7. The zero-order chi connectivity index (χ0) is 43.7. The molecule has 0 aliphatic rings. The highest BCUT2D eigenvalue weighted by molar-refractivity contribution is 6.26. The maximum absolute atomic E-state index is 11.8. The third-order valence-electron chi connectivity index (χ3n) is 11.0. The van der Waals surface area contributed by atoms with Gasteiger partial charge in [0.05, 0.1) is 46.2 Å². The Kier molecular flexibility index (Phi) is 22.9. The van der Waals surface area contributed by atoms with Gasteiger partial charge < -0.3 is 33.2 Å². The van der Waals surface area contributed by atoms with Crippen LogP contribution in [0.15, 0.2) is 48.6 Å². The number of esters is 1. The first-order valence-corrected chi connectivity index (χ1v) is 24.0. The predicted molar refractivity (Wildman–Crippen MR) is 254 cm³/mol. The summed E-state index contributed by atoms with van der Waals surface area (Å²) >= 11 is 0. The van der Waals surface area contributed by atoms with Gasteiger partial charge in [0.15, 0.2) is 34.5 Å². The van der Waals surface area contributed by atoms with Crippen LogP contribution in [0.4, 0.5) is 0 Å². The van der Waals surface area contributed by atoms with E-state index in [1.165, 1.54) is 0 Å². The van der Waals surface area contributed by atoms with Crippen molar-refractivity contribution >= 4 is 38.3 Å². The van der Waals surface area contributed by atoms with Crippen LogP contribution in [0.3, 0.4) is 0 Å². The lowest BCUT2D eigenvalue weighted by atomic mass is 9.93. The summed E-state index contributed by atoms with van der Waals surface area (Å²) in [5, 5.41) is 6.40. The SMILES string of the molecule is C=C(C)C(=O)OCCCCCCOc1cc2c3cc(OCCCCC)c(OCCCCC)cc3c3cc(OCCCCC)c(OCCCCC)cc3c2cc1OCCCCC. The molecule has 8 heteroatoms. The molecule has 61 heavy (non-hydrogen) atoms. The normalized spacial score (nSPS) is 11.3. The molecule has 0 aliphatic carbocycles. The lowest BCUT2D eigenvalue weighted by Gasteiger charge is -2.21. The Morgan fingerprint density at radius 3 is 0.787 bits per heavy atom. The number of benzene rings is 4. The maximum Gasteiger partial charge on any atom is 0.333 e. The predicted octanol–water partition coefficient (Wildman–Crippen LogP) is 15.0. The number of carbonyl (C=O) groups is 1. The third kappa shape index (κ3) is 15.8. The molecule has 0 bridgehead atoms. The van der Waals surface area contributed by atoms with Crippen molar-refractivity contribution < 1.29 is 38.0 Å². The summed E-state index contributed by atoms with van der Waals surface area (Å²) < 4.78 is 44.7. The van der Waals surface area contributed by atoms with Gasteiger partial charge in [0.2, 0.25) is 0 Å². The van der Waals surface area contributed by atoms with Gasteiger partial charge in [0.1, 0.15) is 0 Å². The average molecular weight is 843 g/mol. The second kappa shape index (κ2) is 28.3. The summed E-state index contributed by atoms with van der Waals surface area (Å²) in [4.78, 5) is 11.8. The maximum atomic E-state index is 11.8. The van der Waals surface area contributed by atoms with E-state index >= 15 is 0 Å². The lowest BCUT2D eigenvalue weighted by Crippen LogP contribution is -2.06. The quantitative estimate of drug-likeness (QED) is 0.0199. The van der Waals surface area contributed by atoms with Crippen molar-refractivity contribution in [2.45, 2.75) is 164 Å². The fourth-order valence-corrected chi connectivity index (χ4v) is 7.39. The van der Waals surface area contributed by atoms with E-state index in [0.29, 0.717) is 51.8 Å². The minimum Gasteiger partial charge on any atom is -0.490 e. The molecule has 0 N–H and O–H groups in total. The van der Waals surface area contributed by atoms with Crippen LogP contribution in [0, 0.1) is 0 Å². The Balaban J connectivity index is 1.87. The van der Waals surface area contributed by atoms with E-state index in [-0.39, 0.29) is 5.97 Å². The molecule has 0 atom stereocenters. The van der Waals surface area contributed by atoms with Crippen LogP contribution < -0.4 is 28.4 Å². The number of hydrogen-bond acceptors (Lipinski definition) is 8. The molecule has 0 unspecified atom stereocenters. The highest BCUT2D eigenvalue weighted by atomic mass is 16.5. The smallest absolute Gasteiger partial charge is 0.333 e. The number of hydrogen-bond donors (Lipinski definition) is 0.